The Morgan fingerprint density at radius 3 is 2.52 bits per heavy atom. The first-order valence-electron chi connectivity index (χ1n) is 7.50. The average molecular weight is 316 g/mol. The Morgan fingerprint density at radius 1 is 1.00 bits per heavy atom. The van der Waals surface area contributed by atoms with Crippen molar-refractivity contribution in [2.75, 3.05) is 13.2 Å². The van der Waals surface area contributed by atoms with Crippen LogP contribution in [-0.4, -0.2) is 22.8 Å². The first kappa shape index (κ1) is 15.6. The fraction of sp³-hybridized carbons (Fsp3) is 0.222. The van der Waals surface area contributed by atoms with Gasteiger partial charge in [-0.1, -0.05) is 12.1 Å². The summed E-state index contributed by atoms with van der Waals surface area (Å²) >= 11 is 0. The van der Waals surface area contributed by atoms with Crippen LogP contribution in [0.4, 0.5) is 8.78 Å². The molecule has 0 aliphatic carbocycles. The zero-order valence-corrected chi connectivity index (χ0v) is 12.6. The highest BCUT2D eigenvalue weighted by Gasteiger charge is 2.09. The highest BCUT2D eigenvalue weighted by Crippen LogP contribution is 2.23. The average Bonchev–Trinajstić information content (AvgIpc) is 2.93. The number of nitrogens with one attached hydrogen (secondary N) is 1. The number of aliphatic hydroxyl groups is 1. The lowest BCUT2D eigenvalue weighted by Gasteiger charge is -2.09. The molecule has 3 rings (SSSR count). The fourth-order valence-corrected chi connectivity index (χ4v) is 2.71. The molecular weight excluding hydrogens is 298 g/mol. The van der Waals surface area contributed by atoms with Gasteiger partial charge < -0.3 is 15.0 Å². The van der Waals surface area contributed by atoms with Crippen molar-refractivity contribution < 1.29 is 13.9 Å². The van der Waals surface area contributed by atoms with Crippen LogP contribution in [-0.2, 0) is 13.1 Å². The number of hydrogen-bond donors (Lipinski definition) is 2. The van der Waals surface area contributed by atoms with Gasteiger partial charge in [0.15, 0.2) is 0 Å². The van der Waals surface area contributed by atoms with Crippen molar-refractivity contribution >= 4 is 10.9 Å². The molecule has 0 amide bonds. The molecule has 0 aliphatic rings. The second-order valence-electron chi connectivity index (χ2n) is 5.47. The Balaban J connectivity index is 1.91. The standard InChI is InChI=1S/C18H18F2N2O/c19-15-3-1-13(2-4-15)12-22-7-5-17-14(11-21-6-8-23)9-16(20)10-18(17)22/h1-5,7,9-10,21,23H,6,8,11-12H2. The van der Waals surface area contributed by atoms with Crippen LogP contribution in [0.3, 0.4) is 0 Å². The van der Waals surface area contributed by atoms with Crippen molar-refractivity contribution in [2.24, 2.45) is 0 Å². The highest BCUT2D eigenvalue weighted by atomic mass is 19.1. The van der Waals surface area contributed by atoms with Crippen molar-refractivity contribution in [3.05, 3.63) is 71.4 Å². The molecule has 5 heteroatoms. The molecule has 3 nitrogen and oxygen atoms in total. The molecule has 0 unspecified atom stereocenters. The van der Waals surface area contributed by atoms with Crippen molar-refractivity contribution in [1.82, 2.24) is 9.88 Å². The number of halogens is 2. The van der Waals surface area contributed by atoms with Gasteiger partial charge >= 0.3 is 0 Å². The first-order chi connectivity index (χ1) is 11.2. The van der Waals surface area contributed by atoms with Crippen LogP contribution in [0.15, 0.2) is 48.7 Å². The zero-order valence-electron chi connectivity index (χ0n) is 12.6. The monoisotopic (exact) mass is 316 g/mol. The maximum atomic E-state index is 13.9. The lowest BCUT2D eigenvalue weighted by molar-refractivity contribution is 0.292. The smallest absolute Gasteiger partial charge is 0.125 e. The lowest BCUT2D eigenvalue weighted by atomic mass is 10.1. The third kappa shape index (κ3) is 3.57. The van der Waals surface area contributed by atoms with Gasteiger partial charge in [-0.2, -0.15) is 0 Å². The van der Waals surface area contributed by atoms with E-state index in [4.69, 9.17) is 5.11 Å². The summed E-state index contributed by atoms with van der Waals surface area (Å²) in [6.45, 7) is 1.56. The number of aromatic nitrogens is 1. The van der Waals surface area contributed by atoms with E-state index < -0.39 is 0 Å². The van der Waals surface area contributed by atoms with Gasteiger partial charge in [-0.15, -0.1) is 0 Å². The van der Waals surface area contributed by atoms with Crippen LogP contribution in [0, 0.1) is 11.6 Å². The predicted molar refractivity (Wildman–Crippen MR) is 86.2 cm³/mol. The van der Waals surface area contributed by atoms with E-state index in [1.165, 1.54) is 24.3 Å². The Kier molecular flexibility index (Phi) is 4.69. The molecule has 0 radical (unpaired) electrons. The summed E-state index contributed by atoms with van der Waals surface area (Å²) in [4.78, 5) is 0. The molecule has 0 aliphatic heterocycles. The summed E-state index contributed by atoms with van der Waals surface area (Å²) in [5.74, 6) is -0.563. The van der Waals surface area contributed by atoms with E-state index in [1.54, 1.807) is 12.1 Å². The van der Waals surface area contributed by atoms with Crippen molar-refractivity contribution in [2.45, 2.75) is 13.1 Å². The van der Waals surface area contributed by atoms with Gasteiger partial charge in [-0.3, -0.25) is 0 Å². The topological polar surface area (TPSA) is 37.2 Å². The van der Waals surface area contributed by atoms with E-state index in [0.29, 0.717) is 19.6 Å². The molecule has 2 aromatic carbocycles. The lowest BCUT2D eigenvalue weighted by Crippen LogP contribution is -2.17. The molecule has 0 saturated carbocycles. The molecule has 0 atom stereocenters. The maximum absolute atomic E-state index is 13.9. The molecule has 2 N–H and O–H groups in total. The minimum atomic E-state index is -0.294. The third-order valence-electron chi connectivity index (χ3n) is 3.81. The van der Waals surface area contributed by atoms with E-state index in [-0.39, 0.29) is 18.2 Å². The molecule has 1 aromatic heterocycles. The first-order valence-corrected chi connectivity index (χ1v) is 7.50. The van der Waals surface area contributed by atoms with Gasteiger partial charge in [0, 0.05) is 31.2 Å². The Labute approximate surface area is 133 Å². The van der Waals surface area contributed by atoms with Crippen LogP contribution in [0.1, 0.15) is 11.1 Å². The number of benzene rings is 2. The zero-order chi connectivity index (χ0) is 16.2. The molecule has 0 bridgehead atoms. The largest absolute Gasteiger partial charge is 0.395 e. The quantitative estimate of drug-likeness (QED) is 0.686. The minimum Gasteiger partial charge on any atom is -0.395 e. The third-order valence-corrected chi connectivity index (χ3v) is 3.81. The van der Waals surface area contributed by atoms with Gasteiger partial charge in [0.05, 0.1) is 12.1 Å². The Bertz CT molecular complexity index is 797. The number of hydrogen-bond acceptors (Lipinski definition) is 2. The van der Waals surface area contributed by atoms with Gasteiger partial charge in [0.1, 0.15) is 11.6 Å². The van der Waals surface area contributed by atoms with Crippen LogP contribution in [0.5, 0.6) is 0 Å². The van der Waals surface area contributed by atoms with Crippen molar-refractivity contribution in [3.8, 4) is 0 Å². The van der Waals surface area contributed by atoms with Gasteiger partial charge in [-0.25, -0.2) is 8.78 Å². The summed E-state index contributed by atoms with van der Waals surface area (Å²) < 4.78 is 28.9. The van der Waals surface area contributed by atoms with E-state index in [1.807, 2.05) is 16.8 Å². The Morgan fingerprint density at radius 2 is 1.78 bits per heavy atom. The van der Waals surface area contributed by atoms with E-state index in [2.05, 4.69) is 5.32 Å². The van der Waals surface area contributed by atoms with E-state index in [9.17, 15) is 8.78 Å². The SMILES string of the molecule is OCCNCc1cc(F)cc2c1ccn2Cc1ccc(F)cc1. The fourth-order valence-electron chi connectivity index (χ4n) is 2.71. The summed E-state index contributed by atoms with van der Waals surface area (Å²) in [6.07, 6.45) is 1.91. The number of aliphatic hydroxyl groups excluding tert-OH is 1. The van der Waals surface area contributed by atoms with Crippen LogP contribution in [0.2, 0.25) is 0 Å². The van der Waals surface area contributed by atoms with Crippen LogP contribution in [0.25, 0.3) is 10.9 Å². The van der Waals surface area contributed by atoms with Gasteiger partial charge in [-0.05, 0) is 41.5 Å². The molecular formula is C18H18F2N2O. The molecule has 23 heavy (non-hydrogen) atoms. The van der Waals surface area contributed by atoms with Crippen LogP contribution >= 0.6 is 0 Å². The Hall–Kier alpha value is -2.24. The van der Waals surface area contributed by atoms with E-state index in [0.717, 1.165) is 22.0 Å². The maximum Gasteiger partial charge on any atom is 0.125 e. The predicted octanol–water partition coefficient (Wildman–Crippen LogP) is 3.05. The van der Waals surface area contributed by atoms with Crippen molar-refractivity contribution in [1.29, 1.82) is 0 Å². The molecule has 3 aromatic rings. The van der Waals surface area contributed by atoms with Gasteiger partial charge in [0.25, 0.3) is 0 Å². The van der Waals surface area contributed by atoms with Crippen molar-refractivity contribution in [3.63, 3.8) is 0 Å². The summed E-state index contributed by atoms with van der Waals surface area (Å²) in [6, 6.07) is 11.3. The number of rotatable bonds is 6. The van der Waals surface area contributed by atoms with Gasteiger partial charge in [0.2, 0.25) is 0 Å². The second-order valence-corrected chi connectivity index (χ2v) is 5.47. The number of fused-ring (bicyclic) bond motifs is 1. The summed E-state index contributed by atoms with van der Waals surface area (Å²) in [5, 5.41) is 12.9. The van der Waals surface area contributed by atoms with Crippen LogP contribution < -0.4 is 5.32 Å². The normalized spacial score (nSPS) is 11.3. The van der Waals surface area contributed by atoms with E-state index >= 15 is 0 Å². The highest BCUT2D eigenvalue weighted by molar-refractivity contribution is 5.84. The molecule has 120 valence electrons. The molecule has 0 fully saturated rings. The molecule has 1 heterocycles. The minimum absolute atomic E-state index is 0.0457. The summed E-state index contributed by atoms with van der Waals surface area (Å²) in [7, 11) is 0. The molecule has 0 saturated heterocycles. The number of nitrogens with zero attached hydrogens (tertiary/aromatic N) is 1. The summed E-state index contributed by atoms with van der Waals surface area (Å²) in [5.41, 5.74) is 2.61. The second kappa shape index (κ2) is 6.89. The molecule has 0 spiro atoms.